The zero-order chi connectivity index (χ0) is 23.1. The molecule has 37 heavy (non-hydrogen) atoms. The topological polar surface area (TPSA) is 80.3 Å². The third kappa shape index (κ3) is 5.69. The number of anilines is 2. The lowest BCUT2D eigenvalue weighted by Gasteiger charge is -2.20. The van der Waals surface area contributed by atoms with E-state index in [4.69, 9.17) is 0 Å². The highest BCUT2D eigenvalue weighted by Crippen LogP contribution is 2.25. The molecule has 1 aliphatic rings. The highest BCUT2D eigenvalue weighted by Gasteiger charge is 2.19. The van der Waals surface area contributed by atoms with Crippen molar-refractivity contribution in [3.63, 3.8) is 0 Å². The molecule has 5 N–H and O–H groups in total. The third-order valence-electron chi connectivity index (χ3n) is 6.60. The van der Waals surface area contributed by atoms with Gasteiger partial charge in [0, 0.05) is 50.6 Å². The molecule has 5 aromatic rings. The fourth-order valence-corrected chi connectivity index (χ4v) is 4.66. The maximum atomic E-state index is 3.59. The van der Waals surface area contributed by atoms with Crippen molar-refractivity contribution in [2.24, 2.45) is 0 Å². The van der Waals surface area contributed by atoms with E-state index in [9.17, 15) is 0 Å². The number of H-pyrrole nitrogens is 4. The van der Waals surface area contributed by atoms with Gasteiger partial charge in [-0.25, -0.2) is 24.9 Å². The van der Waals surface area contributed by atoms with Gasteiger partial charge in [0.25, 0.3) is 11.6 Å². The molecule has 0 fully saturated rings. The van der Waals surface area contributed by atoms with Crippen molar-refractivity contribution >= 4 is 39.7 Å². The fourth-order valence-electron chi connectivity index (χ4n) is 4.66. The average Bonchev–Trinajstić information content (AvgIpc) is 3.38. The van der Waals surface area contributed by atoms with Gasteiger partial charge in [0.1, 0.15) is 6.21 Å². The second-order valence-electron chi connectivity index (χ2n) is 9.12. The molecule has 0 saturated carbocycles. The summed E-state index contributed by atoms with van der Waals surface area (Å²) in [7, 11) is 4.11. The number of halogens is 3. The number of benzene rings is 3. The van der Waals surface area contributed by atoms with E-state index in [2.05, 4.69) is 116 Å². The molecule has 194 valence electrons. The Bertz CT molecular complexity index is 1500. The van der Waals surface area contributed by atoms with Crippen molar-refractivity contribution < 1.29 is 52.2 Å². The molecule has 0 aliphatic carbocycles. The number of hydrogen-bond donors (Lipinski definition) is 3. The van der Waals surface area contributed by atoms with E-state index >= 15 is 0 Å². The molecule has 3 heterocycles. The Labute approximate surface area is 234 Å². The van der Waals surface area contributed by atoms with E-state index < -0.39 is 0 Å². The first kappa shape index (κ1) is 28.3. The summed E-state index contributed by atoms with van der Waals surface area (Å²) in [6.45, 7) is 3.03. The molecule has 0 unspecified atom stereocenters. The molecule has 0 bridgehead atoms. The van der Waals surface area contributed by atoms with Crippen LogP contribution in [0.3, 0.4) is 0 Å². The minimum Gasteiger partial charge on any atom is -1.00 e. The summed E-state index contributed by atoms with van der Waals surface area (Å²) < 4.78 is 0. The maximum absolute atomic E-state index is 3.59. The predicted octanol–water partition coefficient (Wildman–Crippen LogP) is -6.95. The highest BCUT2D eigenvalue weighted by molar-refractivity contribution is 5.82. The lowest BCUT2D eigenvalue weighted by Crippen LogP contribution is -3.00. The molecule has 1 aliphatic heterocycles. The third-order valence-corrected chi connectivity index (χ3v) is 6.60. The van der Waals surface area contributed by atoms with Gasteiger partial charge in [0.05, 0.1) is 17.7 Å². The normalized spacial score (nSPS) is 13.0. The molecule has 0 saturated heterocycles. The molecule has 6 rings (SSSR count). The summed E-state index contributed by atoms with van der Waals surface area (Å²) in [5, 5.41) is 0. The van der Waals surface area contributed by atoms with Crippen LogP contribution in [-0.2, 0) is 0 Å². The summed E-state index contributed by atoms with van der Waals surface area (Å²) in [4.78, 5) is 22.1. The predicted molar refractivity (Wildman–Crippen MR) is 137 cm³/mol. The van der Waals surface area contributed by atoms with Crippen LogP contribution >= 0.6 is 0 Å². The van der Waals surface area contributed by atoms with Crippen LogP contribution in [0.5, 0.6) is 0 Å². The molecule has 0 amide bonds. The van der Waals surface area contributed by atoms with Gasteiger partial charge in [-0.05, 0) is 48.5 Å². The van der Waals surface area contributed by atoms with Gasteiger partial charge in [-0.1, -0.05) is 0 Å². The Hall–Kier alpha value is -3.26. The second-order valence-corrected chi connectivity index (χ2v) is 9.12. The van der Waals surface area contributed by atoms with E-state index in [1.165, 1.54) is 11.4 Å². The highest BCUT2D eigenvalue weighted by atomic mass is 35.5. The summed E-state index contributed by atoms with van der Waals surface area (Å²) in [6, 6.07) is 21.6. The summed E-state index contributed by atoms with van der Waals surface area (Å²) in [5.41, 5.74) is 9.08. The van der Waals surface area contributed by atoms with E-state index in [1.54, 1.807) is 0 Å². The van der Waals surface area contributed by atoms with Gasteiger partial charge in [-0.15, -0.1) is 0 Å². The molecule has 10 heteroatoms. The number of nitrogens with one attached hydrogen (secondary N) is 5. The van der Waals surface area contributed by atoms with Crippen molar-refractivity contribution in [2.75, 3.05) is 43.5 Å². The average molecular weight is 559 g/mol. The van der Waals surface area contributed by atoms with Gasteiger partial charge >= 0.3 is 0 Å². The molecule has 7 nitrogen and oxygen atoms in total. The number of aromatic amines is 4. The first-order valence-electron chi connectivity index (χ1n) is 11.8. The molecular formula is C27H30Cl3N7. The SMILES string of the molecule is CN(C)c1ccc(-c2[nH]c3cc(-c4[nH]c5cc(N6CCC=[NH+]CC6)ccc5[nH+]4)ccc3[nH+]2)cc1.[Cl-].[Cl-].[Cl-]. The van der Waals surface area contributed by atoms with Crippen molar-refractivity contribution in [2.45, 2.75) is 6.42 Å². The van der Waals surface area contributed by atoms with Crippen LogP contribution in [0.15, 0.2) is 60.7 Å². The maximum Gasteiger partial charge on any atom is 0.285 e. The van der Waals surface area contributed by atoms with E-state index in [0.29, 0.717) is 0 Å². The van der Waals surface area contributed by atoms with Crippen molar-refractivity contribution in [3.8, 4) is 22.8 Å². The minimum atomic E-state index is 0. The number of imidazole rings is 2. The number of hydrogen-bond acceptors (Lipinski definition) is 2. The van der Waals surface area contributed by atoms with E-state index in [0.717, 1.165) is 70.9 Å². The Balaban J connectivity index is 0.00000127. The van der Waals surface area contributed by atoms with Crippen LogP contribution in [0, 0.1) is 0 Å². The molecule has 2 aromatic heterocycles. The zero-order valence-electron chi connectivity index (χ0n) is 20.7. The summed E-state index contributed by atoms with van der Waals surface area (Å²) in [6.07, 6.45) is 3.21. The molecule has 3 aromatic carbocycles. The van der Waals surface area contributed by atoms with Crippen molar-refractivity contribution in [3.05, 3.63) is 60.7 Å². The molecule has 0 atom stereocenters. The minimum absolute atomic E-state index is 0. The van der Waals surface area contributed by atoms with Crippen LogP contribution in [0.2, 0.25) is 0 Å². The smallest absolute Gasteiger partial charge is 0.285 e. The largest absolute Gasteiger partial charge is 1.00 e. The number of fused-ring (bicyclic) bond motifs is 2. The number of aromatic nitrogens is 4. The Morgan fingerprint density at radius 3 is 2.05 bits per heavy atom. The van der Waals surface area contributed by atoms with Crippen LogP contribution in [0.25, 0.3) is 44.8 Å². The molecular weight excluding hydrogens is 529 g/mol. The van der Waals surface area contributed by atoms with Crippen molar-refractivity contribution in [1.29, 1.82) is 0 Å². The Morgan fingerprint density at radius 2 is 1.35 bits per heavy atom. The van der Waals surface area contributed by atoms with E-state index in [1.807, 2.05) is 0 Å². The summed E-state index contributed by atoms with van der Waals surface area (Å²) >= 11 is 0. The lowest BCUT2D eigenvalue weighted by atomic mass is 10.2. The monoisotopic (exact) mass is 557 g/mol. The standard InChI is InChI=1S/C27H27N7.3ClH/c1-33(2)20-7-4-18(5-8-20)26-29-22-10-6-19(16-24(22)31-26)27-30-23-11-9-21(17-25(23)32-27)34-14-3-12-28-13-15-34;;;/h4-12,16-17H,3,13-15H2,1-2H3,(H,29,31)(H,30,32);3*1H. The first-order valence-corrected chi connectivity index (χ1v) is 11.8. The van der Waals surface area contributed by atoms with Gasteiger partial charge in [0.15, 0.2) is 28.6 Å². The van der Waals surface area contributed by atoms with Crippen LogP contribution < -0.4 is 62.0 Å². The lowest BCUT2D eigenvalue weighted by molar-refractivity contribution is -0.448. The molecule has 0 spiro atoms. The Kier molecular flexibility index (Phi) is 9.07. The number of rotatable bonds is 4. The van der Waals surface area contributed by atoms with Gasteiger partial charge in [-0.2, -0.15) is 0 Å². The van der Waals surface area contributed by atoms with Crippen molar-refractivity contribution in [1.82, 2.24) is 9.97 Å². The fraction of sp³-hybridized carbons (Fsp3) is 0.222. The van der Waals surface area contributed by atoms with Gasteiger partial charge in [0.2, 0.25) is 0 Å². The van der Waals surface area contributed by atoms with Crippen LogP contribution in [-0.4, -0.2) is 49.9 Å². The van der Waals surface area contributed by atoms with Gasteiger partial charge in [-0.3, -0.25) is 0 Å². The number of nitrogens with zero attached hydrogens (tertiary/aromatic N) is 2. The first-order chi connectivity index (χ1) is 16.6. The van der Waals surface area contributed by atoms with Gasteiger partial charge < -0.3 is 47.0 Å². The second kappa shape index (κ2) is 11.9. The Morgan fingerprint density at radius 1 is 0.730 bits per heavy atom. The van der Waals surface area contributed by atoms with Crippen LogP contribution in [0.1, 0.15) is 6.42 Å². The van der Waals surface area contributed by atoms with Crippen LogP contribution in [0.4, 0.5) is 11.4 Å². The quantitative estimate of drug-likeness (QED) is 0.205. The van der Waals surface area contributed by atoms with E-state index in [-0.39, 0.29) is 37.2 Å². The summed E-state index contributed by atoms with van der Waals surface area (Å²) in [5.74, 6) is 2.01. The zero-order valence-corrected chi connectivity index (χ0v) is 23.0. The molecule has 0 radical (unpaired) electrons.